The van der Waals surface area contributed by atoms with Crippen LogP contribution in [0.4, 0.5) is 0 Å². The Balaban J connectivity index is 2.06. The van der Waals surface area contributed by atoms with Gasteiger partial charge in [0.15, 0.2) is 11.5 Å². The number of carboxylic acids is 1. The maximum Gasteiger partial charge on any atom is 0.304 e. The summed E-state index contributed by atoms with van der Waals surface area (Å²) >= 11 is 0. The molecular weight excluding hydrogens is 236 g/mol. The smallest absolute Gasteiger partial charge is 0.304 e. The van der Waals surface area contributed by atoms with Gasteiger partial charge in [-0.15, -0.1) is 0 Å². The number of carbonyl (C=O) groups is 1. The van der Waals surface area contributed by atoms with Gasteiger partial charge in [-0.25, -0.2) is 0 Å². The van der Waals surface area contributed by atoms with Gasteiger partial charge in [0.05, 0.1) is 13.5 Å². The van der Waals surface area contributed by atoms with Crippen LogP contribution in [0.2, 0.25) is 0 Å². The van der Waals surface area contributed by atoms with E-state index in [0.717, 1.165) is 18.4 Å². The van der Waals surface area contributed by atoms with Crippen molar-refractivity contribution in [3.8, 4) is 17.2 Å². The third kappa shape index (κ3) is 1.66. The fraction of sp³-hybridized carbons (Fsp3) is 0.462. The van der Waals surface area contributed by atoms with Gasteiger partial charge in [-0.3, -0.25) is 4.79 Å². The number of benzene rings is 1. The third-order valence-electron chi connectivity index (χ3n) is 3.60. The number of hydrogen-bond acceptors (Lipinski definition) is 4. The number of carboxylic acid groups (broad SMARTS) is 1. The van der Waals surface area contributed by atoms with Gasteiger partial charge in [-0.1, -0.05) is 0 Å². The molecule has 1 heterocycles. The van der Waals surface area contributed by atoms with Crippen LogP contribution in [-0.4, -0.2) is 25.0 Å². The van der Waals surface area contributed by atoms with Crippen LogP contribution < -0.4 is 14.2 Å². The highest BCUT2D eigenvalue weighted by atomic mass is 16.7. The molecule has 3 rings (SSSR count). The predicted molar refractivity (Wildman–Crippen MR) is 62.3 cm³/mol. The van der Waals surface area contributed by atoms with E-state index in [1.807, 2.05) is 6.07 Å². The van der Waals surface area contributed by atoms with E-state index in [9.17, 15) is 4.79 Å². The summed E-state index contributed by atoms with van der Waals surface area (Å²) in [6.07, 6.45) is 1.85. The molecule has 1 aromatic rings. The molecule has 2 aliphatic rings. The summed E-state index contributed by atoms with van der Waals surface area (Å²) in [6.45, 7) is 0.179. The first-order valence-corrected chi connectivity index (χ1v) is 5.84. The highest BCUT2D eigenvalue weighted by Crippen LogP contribution is 2.57. The molecule has 0 amide bonds. The second-order valence-electron chi connectivity index (χ2n) is 4.76. The van der Waals surface area contributed by atoms with Gasteiger partial charge < -0.3 is 19.3 Å². The number of rotatable bonds is 4. The number of methoxy groups -OCH3 is 1. The van der Waals surface area contributed by atoms with Gasteiger partial charge in [0.2, 0.25) is 6.79 Å². The number of hydrogen-bond donors (Lipinski definition) is 1. The summed E-state index contributed by atoms with van der Waals surface area (Å²) in [5.41, 5.74) is 0.592. The summed E-state index contributed by atoms with van der Waals surface area (Å²) < 4.78 is 16.1. The van der Waals surface area contributed by atoms with Crippen molar-refractivity contribution in [2.45, 2.75) is 24.7 Å². The molecule has 1 aliphatic heterocycles. The molecule has 0 atom stereocenters. The molecule has 1 N–H and O–H groups in total. The molecule has 0 spiro atoms. The van der Waals surface area contributed by atoms with Crippen molar-refractivity contribution in [1.82, 2.24) is 0 Å². The molecule has 96 valence electrons. The first-order chi connectivity index (χ1) is 8.64. The number of fused-ring (bicyclic) bond motifs is 1. The van der Waals surface area contributed by atoms with Crippen molar-refractivity contribution in [3.05, 3.63) is 17.7 Å². The van der Waals surface area contributed by atoms with Crippen LogP contribution in [0.1, 0.15) is 24.8 Å². The molecule has 0 bridgehead atoms. The van der Waals surface area contributed by atoms with E-state index in [4.69, 9.17) is 19.3 Å². The van der Waals surface area contributed by atoms with Crippen molar-refractivity contribution in [2.75, 3.05) is 13.9 Å². The lowest BCUT2D eigenvalue weighted by Crippen LogP contribution is -2.14. The zero-order valence-corrected chi connectivity index (χ0v) is 10.1. The van der Waals surface area contributed by atoms with Crippen molar-refractivity contribution in [2.24, 2.45) is 0 Å². The van der Waals surface area contributed by atoms with Gasteiger partial charge in [0.1, 0.15) is 5.75 Å². The minimum Gasteiger partial charge on any atom is -0.497 e. The maximum atomic E-state index is 11.0. The third-order valence-corrected chi connectivity index (χ3v) is 3.60. The van der Waals surface area contributed by atoms with E-state index in [2.05, 4.69) is 0 Å². The summed E-state index contributed by atoms with van der Waals surface area (Å²) in [6, 6.07) is 3.63. The molecule has 0 aromatic heterocycles. The maximum absolute atomic E-state index is 11.0. The Kier molecular flexibility index (Phi) is 2.36. The molecule has 1 aliphatic carbocycles. The summed E-state index contributed by atoms with van der Waals surface area (Å²) in [5.74, 6) is 1.20. The topological polar surface area (TPSA) is 65.0 Å². The molecule has 1 saturated carbocycles. The van der Waals surface area contributed by atoms with Crippen molar-refractivity contribution >= 4 is 5.97 Å². The lowest BCUT2D eigenvalue weighted by atomic mass is 9.91. The number of ether oxygens (including phenoxy) is 3. The Morgan fingerprint density at radius 2 is 2.22 bits per heavy atom. The zero-order chi connectivity index (χ0) is 12.8. The van der Waals surface area contributed by atoms with E-state index >= 15 is 0 Å². The van der Waals surface area contributed by atoms with Gasteiger partial charge >= 0.3 is 5.97 Å². The molecule has 1 fully saturated rings. The van der Waals surface area contributed by atoms with Crippen LogP contribution in [0.5, 0.6) is 17.2 Å². The zero-order valence-electron chi connectivity index (χ0n) is 10.1. The Hall–Kier alpha value is -1.91. The monoisotopic (exact) mass is 250 g/mol. The molecule has 18 heavy (non-hydrogen) atoms. The van der Waals surface area contributed by atoms with Crippen LogP contribution in [0.15, 0.2) is 12.1 Å². The largest absolute Gasteiger partial charge is 0.497 e. The molecule has 0 saturated heterocycles. The minimum atomic E-state index is -0.789. The molecule has 5 nitrogen and oxygen atoms in total. The minimum absolute atomic E-state index is 0.121. The predicted octanol–water partition coefficient (Wildman–Crippen LogP) is 1.93. The molecule has 0 radical (unpaired) electrons. The van der Waals surface area contributed by atoms with Crippen LogP contribution in [-0.2, 0) is 10.2 Å². The van der Waals surface area contributed by atoms with Gasteiger partial charge in [0.25, 0.3) is 0 Å². The lowest BCUT2D eigenvalue weighted by Gasteiger charge is -2.16. The molecule has 0 unspecified atom stereocenters. The van der Waals surface area contributed by atoms with Gasteiger partial charge in [-0.05, 0) is 18.9 Å². The second-order valence-corrected chi connectivity index (χ2v) is 4.76. The van der Waals surface area contributed by atoms with Crippen molar-refractivity contribution in [3.63, 3.8) is 0 Å². The molecule has 1 aromatic carbocycles. The summed E-state index contributed by atoms with van der Waals surface area (Å²) in [5, 5.41) is 9.02. The van der Waals surface area contributed by atoms with Crippen molar-refractivity contribution in [1.29, 1.82) is 0 Å². The average Bonchev–Trinajstić information content (AvgIpc) is 2.95. The van der Waals surface area contributed by atoms with Crippen LogP contribution in [0.25, 0.3) is 0 Å². The highest BCUT2D eigenvalue weighted by molar-refractivity contribution is 5.71. The Labute approximate surface area is 104 Å². The average molecular weight is 250 g/mol. The van der Waals surface area contributed by atoms with Gasteiger partial charge in [0, 0.05) is 17.0 Å². The first-order valence-electron chi connectivity index (χ1n) is 5.84. The fourth-order valence-corrected chi connectivity index (χ4v) is 2.48. The Morgan fingerprint density at radius 3 is 2.83 bits per heavy atom. The standard InChI is InChI=1S/C13H14O5/c1-16-8-4-9(12-10(5-8)17-7-18-12)13(2-3-13)6-11(14)15/h4-5H,2-3,6-7H2,1H3,(H,14,15). The van der Waals surface area contributed by atoms with E-state index < -0.39 is 5.97 Å². The first kappa shape index (κ1) is 11.2. The normalized spacial score (nSPS) is 18.5. The van der Waals surface area contributed by atoms with Crippen LogP contribution in [0, 0.1) is 0 Å². The molecular formula is C13H14O5. The molecule has 5 heteroatoms. The van der Waals surface area contributed by atoms with E-state index in [0.29, 0.717) is 17.2 Å². The van der Waals surface area contributed by atoms with E-state index in [1.165, 1.54) is 0 Å². The van der Waals surface area contributed by atoms with Crippen LogP contribution in [0.3, 0.4) is 0 Å². The van der Waals surface area contributed by atoms with Crippen LogP contribution >= 0.6 is 0 Å². The van der Waals surface area contributed by atoms with Crippen molar-refractivity contribution < 1.29 is 24.1 Å². The second kappa shape index (κ2) is 3.80. The lowest BCUT2D eigenvalue weighted by molar-refractivity contribution is -0.137. The number of aliphatic carboxylic acids is 1. The van der Waals surface area contributed by atoms with E-state index in [1.54, 1.807) is 13.2 Å². The fourth-order valence-electron chi connectivity index (χ4n) is 2.48. The quantitative estimate of drug-likeness (QED) is 0.884. The highest BCUT2D eigenvalue weighted by Gasteiger charge is 2.49. The Bertz CT molecular complexity index is 504. The SMILES string of the molecule is COc1cc2c(c(C3(CC(=O)O)CC3)c1)OCO2. The van der Waals surface area contributed by atoms with Gasteiger partial charge in [-0.2, -0.15) is 0 Å². The van der Waals surface area contributed by atoms with E-state index in [-0.39, 0.29) is 18.6 Å². The summed E-state index contributed by atoms with van der Waals surface area (Å²) in [4.78, 5) is 11.0. The summed E-state index contributed by atoms with van der Waals surface area (Å²) in [7, 11) is 1.58. The Morgan fingerprint density at radius 1 is 1.44 bits per heavy atom.